The molecule has 2 aromatic rings. The molecule has 1 heterocycles. The monoisotopic (exact) mass is 257 g/mol. The van der Waals surface area contributed by atoms with Gasteiger partial charge in [-0.3, -0.25) is 9.78 Å². The quantitative estimate of drug-likeness (QED) is 0.578. The van der Waals surface area contributed by atoms with Crippen molar-refractivity contribution in [1.29, 1.82) is 0 Å². The molecule has 2 rings (SSSR count). The Morgan fingerprint density at radius 1 is 1.32 bits per heavy atom. The topological polar surface area (TPSA) is 88.2 Å². The number of aromatic nitrogens is 1. The van der Waals surface area contributed by atoms with Gasteiger partial charge >= 0.3 is 0 Å². The van der Waals surface area contributed by atoms with Crippen LogP contribution in [-0.4, -0.2) is 16.0 Å². The number of phenols is 1. The van der Waals surface area contributed by atoms with E-state index in [1.807, 2.05) is 19.1 Å². The van der Waals surface area contributed by atoms with Gasteiger partial charge in [0.25, 0.3) is 5.91 Å². The molecule has 0 saturated heterocycles. The lowest BCUT2D eigenvalue weighted by molar-refractivity contribution is 0.0937. The SMILES string of the molecule is CC(NC(=O)c1cccc(N)c1O)c1ccncc1. The van der Waals surface area contributed by atoms with Gasteiger partial charge in [0.2, 0.25) is 0 Å². The fourth-order valence-corrected chi connectivity index (χ4v) is 1.75. The number of phenolic OH excluding ortho intramolecular Hbond substituents is 1. The van der Waals surface area contributed by atoms with E-state index in [1.54, 1.807) is 24.5 Å². The molecule has 1 aromatic heterocycles. The summed E-state index contributed by atoms with van der Waals surface area (Å²) in [6, 6.07) is 8.16. The van der Waals surface area contributed by atoms with E-state index in [0.717, 1.165) is 5.56 Å². The number of amides is 1. The lowest BCUT2D eigenvalue weighted by Crippen LogP contribution is -2.26. The van der Waals surface area contributed by atoms with Crippen LogP contribution in [0.2, 0.25) is 0 Å². The van der Waals surface area contributed by atoms with E-state index in [1.165, 1.54) is 6.07 Å². The molecule has 1 amide bonds. The van der Waals surface area contributed by atoms with Crippen LogP contribution in [0, 0.1) is 0 Å². The number of aromatic hydroxyl groups is 1. The number of nitrogens with one attached hydrogen (secondary N) is 1. The lowest BCUT2D eigenvalue weighted by Gasteiger charge is -2.15. The first kappa shape index (κ1) is 12.9. The first-order valence-electron chi connectivity index (χ1n) is 5.88. The number of carbonyl (C=O) groups excluding carboxylic acids is 1. The number of para-hydroxylation sites is 1. The fraction of sp³-hybridized carbons (Fsp3) is 0.143. The van der Waals surface area contributed by atoms with Gasteiger partial charge in [0.15, 0.2) is 5.75 Å². The third kappa shape index (κ3) is 2.82. The largest absolute Gasteiger partial charge is 0.505 e. The highest BCUT2D eigenvalue weighted by Gasteiger charge is 2.15. The molecule has 4 N–H and O–H groups in total. The van der Waals surface area contributed by atoms with E-state index in [0.29, 0.717) is 0 Å². The molecule has 0 fully saturated rings. The van der Waals surface area contributed by atoms with Crippen LogP contribution in [0.3, 0.4) is 0 Å². The first-order chi connectivity index (χ1) is 9.09. The second kappa shape index (κ2) is 5.39. The molecule has 0 radical (unpaired) electrons. The number of pyridine rings is 1. The Labute approximate surface area is 111 Å². The molecule has 0 bridgehead atoms. The molecular weight excluding hydrogens is 242 g/mol. The second-order valence-electron chi connectivity index (χ2n) is 4.22. The van der Waals surface area contributed by atoms with Gasteiger partial charge in [-0.2, -0.15) is 0 Å². The lowest BCUT2D eigenvalue weighted by atomic mass is 10.1. The standard InChI is InChI=1S/C14H15N3O2/c1-9(10-5-7-16-8-6-10)17-14(19)11-3-2-4-12(15)13(11)18/h2-9,18H,15H2,1H3,(H,17,19). The predicted octanol–water partition coefficient (Wildman–Crippen LogP) is 1.86. The summed E-state index contributed by atoms with van der Waals surface area (Å²) in [6.07, 6.45) is 3.33. The molecule has 0 aliphatic carbocycles. The van der Waals surface area contributed by atoms with Crippen LogP contribution >= 0.6 is 0 Å². The summed E-state index contributed by atoms with van der Waals surface area (Å²) in [5, 5.41) is 12.6. The van der Waals surface area contributed by atoms with E-state index in [4.69, 9.17) is 5.73 Å². The summed E-state index contributed by atoms with van der Waals surface area (Å²) in [4.78, 5) is 16.0. The highest BCUT2D eigenvalue weighted by Crippen LogP contribution is 2.24. The third-order valence-electron chi connectivity index (χ3n) is 2.87. The van der Waals surface area contributed by atoms with Crippen molar-refractivity contribution in [2.24, 2.45) is 0 Å². The van der Waals surface area contributed by atoms with Crippen LogP contribution in [0.5, 0.6) is 5.75 Å². The van der Waals surface area contributed by atoms with Gasteiger partial charge in [0, 0.05) is 12.4 Å². The Kier molecular flexibility index (Phi) is 3.66. The molecule has 1 atom stereocenters. The highest BCUT2D eigenvalue weighted by molar-refractivity contribution is 5.98. The summed E-state index contributed by atoms with van der Waals surface area (Å²) >= 11 is 0. The number of nitrogens with zero attached hydrogens (tertiary/aromatic N) is 1. The summed E-state index contributed by atoms with van der Waals surface area (Å²) < 4.78 is 0. The van der Waals surface area contributed by atoms with Gasteiger partial charge in [-0.15, -0.1) is 0 Å². The van der Waals surface area contributed by atoms with E-state index in [9.17, 15) is 9.90 Å². The molecule has 98 valence electrons. The van der Waals surface area contributed by atoms with E-state index >= 15 is 0 Å². The van der Waals surface area contributed by atoms with E-state index in [-0.39, 0.29) is 28.9 Å². The van der Waals surface area contributed by atoms with Crippen molar-refractivity contribution in [2.45, 2.75) is 13.0 Å². The van der Waals surface area contributed by atoms with Crippen molar-refractivity contribution < 1.29 is 9.90 Å². The first-order valence-corrected chi connectivity index (χ1v) is 5.88. The van der Waals surface area contributed by atoms with Gasteiger partial charge < -0.3 is 16.2 Å². The number of benzene rings is 1. The number of nitrogens with two attached hydrogens (primary N) is 1. The van der Waals surface area contributed by atoms with Crippen LogP contribution in [0.1, 0.15) is 28.9 Å². The summed E-state index contributed by atoms with van der Waals surface area (Å²) in [7, 11) is 0. The molecule has 1 aromatic carbocycles. The maximum absolute atomic E-state index is 12.1. The summed E-state index contributed by atoms with van der Waals surface area (Å²) in [5.74, 6) is -0.559. The van der Waals surface area contributed by atoms with Gasteiger partial charge in [-0.25, -0.2) is 0 Å². The van der Waals surface area contributed by atoms with Crippen molar-refractivity contribution in [1.82, 2.24) is 10.3 Å². The molecule has 1 unspecified atom stereocenters. The Bertz CT molecular complexity index is 584. The average molecular weight is 257 g/mol. The van der Waals surface area contributed by atoms with Crippen molar-refractivity contribution in [3.8, 4) is 5.75 Å². The maximum atomic E-state index is 12.1. The van der Waals surface area contributed by atoms with Gasteiger partial charge in [0.05, 0.1) is 17.3 Å². The van der Waals surface area contributed by atoms with Crippen molar-refractivity contribution in [2.75, 3.05) is 5.73 Å². The number of rotatable bonds is 3. The van der Waals surface area contributed by atoms with Crippen LogP contribution < -0.4 is 11.1 Å². The van der Waals surface area contributed by atoms with E-state index < -0.39 is 0 Å². The summed E-state index contributed by atoms with van der Waals surface area (Å²) in [5.41, 5.74) is 6.85. The van der Waals surface area contributed by atoms with Crippen LogP contribution in [-0.2, 0) is 0 Å². The minimum atomic E-state index is -0.367. The number of hydrogen-bond acceptors (Lipinski definition) is 4. The minimum absolute atomic E-state index is 0.168. The third-order valence-corrected chi connectivity index (χ3v) is 2.87. The molecule has 0 saturated carbocycles. The molecule has 5 nitrogen and oxygen atoms in total. The zero-order valence-corrected chi connectivity index (χ0v) is 10.5. The molecular formula is C14H15N3O2. The minimum Gasteiger partial charge on any atom is -0.505 e. The second-order valence-corrected chi connectivity index (χ2v) is 4.22. The predicted molar refractivity (Wildman–Crippen MR) is 72.6 cm³/mol. The van der Waals surface area contributed by atoms with Crippen LogP contribution in [0.25, 0.3) is 0 Å². The van der Waals surface area contributed by atoms with Crippen molar-refractivity contribution >= 4 is 11.6 Å². The van der Waals surface area contributed by atoms with Gasteiger partial charge in [0.1, 0.15) is 0 Å². The molecule has 19 heavy (non-hydrogen) atoms. The summed E-state index contributed by atoms with van der Waals surface area (Å²) in [6.45, 7) is 1.86. The Morgan fingerprint density at radius 2 is 2.00 bits per heavy atom. The smallest absolute Gasteiger partial charge is 0.255 e. The number of carbonyl (C=O) groups is 1. The van der Waals surface area contributed by atoms with Gasteiger partial charge in [-0.1, -0.05) is 6.07 Å². The number of anilines is 1. The Balaban J connectivity index is 2.16. The van der Waals surface area contributed by atoms with Crippen molar-refractivity contribution in [3.05, 3.63) is 53.9 Å². The van der Waals surface area contributed by atoms with E-state index in [2.05, 4.69) is 10.3 Å². The molecule has 0 spiro atoms. The Hall–Kier alpha value is -2.56. The zero-order valence-electron chi connectivity index (χ0n) is 10.5. The van der Waals surface area contributed by atoms with Gasteiger partial charge in [-0.05, 0) is 36.8 Å². The number of nitrogen functional groups attached to an aromatic ring is 1. The molecule has 0 aliphatic heterocycles. The average Bonchev–Trinajstić information content (AvgIpc) is 2.42. The normalized spacial score (nSPS) is 11.8. The molecule has 0 aliphatic rings. The maximum Gasteiger partial charge on any atom is 0.255 e. The fourth-order valence-electron chi connectivity index (χ4n) is 1.75. The number of hydrogen-bond donors (Lipinski definition) is 3. The highest BCUT2D eigenvalue weighted by atomic mass is 16.3. The van der Waals surface area contributed by atoms with Crippen LogP contribution in [0.4, 0.5) is 5.69 Å². The van der Waals surface area contributed by atoms with Crippen LogP contribution in [0.15, 0.2) is 42.7 Å². The molecule has 5 heteroatoms. The van der Waals surface area contributed by atoms with Crippen molar-refractivity contribution in [3.63, 3.8) is 0 Å². The zero-order chi connectivity index (χ0) is 13.8. The Morgan fingerprint density at radius 3 is 2.68 bits per heavy atom.